The van der Waals surface area contributed by atoms with Crippen molar-refractivity contribution in [2.24, 2.45) is 5.92 Å². The van der Waals surface area contributed by atoms with E-state index in [1.807, 2.05) is 19.1 Å². The Bertz CT molecular complexity index is 494. The van der Waals surface area contributed by atoms with Gasteiger partial charge in [0.1, 0.15) is 0 Å². The molecular formula is C15H23BrO2S. The molecule has 0 aromatic heterocycles. The van der Waals surface area contributed by atoms with Crippen LogP contribution < -0.4 is 0 Å². The van der Waals surface area contributed by atoms with E-state index >= 15 is 0 Å². The van der Waals surface area contributed by atoms with Crippen LogP contribution >= 0.6 is 15.9 Å². The summed E-state index contributed by atoms with van der Waals surface area (Å²) in [5.41, 5.74) is 1.20. The molecule has 0 aliphatic heterocycles. The third kappa shape index (κ3) is 4.60. The lowest BCUT2D eigenvalue weighted by Gasteiger charge is -2.19. The zero-order valence-corrected chi connectivity index (χ0v) is 14.5. The van der Waals surface area contributed by atoms with Gasteiger partial charge < -0.3 is 0 Å². The molecule has 0 N–H and O–H groups in total. The largest absolute Gasteiger partial charge is 0.224 e. The summed E-state index contributed by atoms with van der Waals surface area (Å²) in [5, 5.41) is 0.725. The summed E-state index contributed by atoms with van der Waals surface area (Å²) in [7, 11) is -3.18. The van der Waals surface area contributed by atoms with Crippen molar-refractivity contribution in [1.29, 1.82) is 0 Å². The standard InChI is InChI=1S/C15H23BrO2S/c1-5-12(10-16)11-19(17,18)14-8-6-13(7-9-14)15(2,3)4/h6-9,12H,5,10-11H2,1-4H3. The van der Waals surface area contributed by atoms with Gasteiger partial charge in [0.25, 0.3) is 0 Å². The average molecular weight is 347 g/mol. The van der Waals surface area contributed by atoms with E-state index in [4.69, 9.17) is 0 Å². The number of rotatable bonds is 5. The van der Waals surface area contributed by atoms with Gasteiger partial charge in [-0.1, -0.05) is 62.2 Å². The van der Waals surface area contributed by atoms with Crippen molar-refractivity contribution in [2.45, 2.75) is 44.4 Å². The lowest BCUT2D eigenvalue weighted by atomic mass is 9.87. The number of alkyl halides is 1. The maximum Gasteiger partial charge on any atom is 0.178 e. The zero-order valence-electron chi connectivity index (χ0n) is 12.1. The van der Waals surface area contributed by atoms with Crippen LogP contribution in [0.4, 0.5) is 0 Å². The lowest BCUT2D eigenvalue weighted by Crippen LogP contribution is -2.17. The van der Waals surface area contributed by atoms with Gasteiger partial charge in [0.15, 0.2) is 9.84 Å². The van der Waals surface area contributed by atoms with Crippen LogP contribution in [0.5, 0.6) is 0 Å². The molecule has 1 rings (SSSR count). The molecule has 2 nitrogen and oxygen atoms in total. The number of hydrogen-bond donors (Lipinski definition) is 0. The SMILES string of the molecule is CCC(CBr)CS(=O)(=O)c1ccc(C(C)(C)C)cc1. The molecule has 4 heteroatoms. The highest BCUT2D eigenvalue weighted by Gasteiger charge is 2.21. The summed E-state index contributed by atoms with van der Waals surface area (Å²) < 4.78 is 24.6. The second-order valence-electron chi connectivity index (χ2n) is 5.98. The fourth-order valence-corrected chi connectivity index (χ4v) is 4.55. The van der Waals surface area contributed by atoms with Gasteiger partial charge in [0.05, 0.1) is 10.6 Å². The van der Waals surface area contributed by atoms with E-state index in [0.717, 1.165) is 17.3 Å². The molecule has 1 unspecified atom stereocenters. The Labute approximate surface area is 125 Å². The first-order chi connectivity index (χ1) is 8.70. The molecule has 0 heterocycles. The van der Waals surface area contributed by atoms with Crippen molar-refractivity contribution < 1.29 is 8.42 Å². The highest BCUT2D eigenvalue weighted by molar-refractivity contribution is 9.09. The summed E-state index contributed by atoms with van der Waals surface area (Å²) >= 11 is 3.37. The van der Waals surface area contributed by atoms with Gasteiger partial charge in [-0.15, -0.1) is 0 Å². The van der Waals surface area contributed by atoms with Crippen molar-refractivity contribution in [1.82, 2.24) is 0 Å². The average Bonchev–Trinajstić information content (AvgIpc) is 2.35. The Balaban J connectivity index is 2.97. The Hall–Kier alpha value is -0.350. The van der Waals surface area contributed by atoms with Crippen molar-refractivity contribution in [3.05, 3.63) is 29.8 Å². The van der Waals surface area contributed by atoms with Gasteiger partial charge in [-0.05, 0) is 29.0 Å². The number of halogens is 1. The lowest BCUT2D eigenvalue weighted by molar-refractivity contribution is 0.567. The maximum absolute atomic E-state index is 12.3. The highest BCUT2D eigenvalue weighted by atomic mass is 79.9. The number of hydrogen-bond acceptors (Lipinski definition) is 2. The quantitative estimate of drug-likeness (QED) is 0.749. The highest BCUT2D eigenvalue weighted by Crippen LogP contribution is 2.24. The molecule has 0 aliphatic carbocycles. The van der Waals surface area contributed by atoms with Crippen molar-refractivity contribution in [3.63, 3.8) is 0 Å². The fourth-order valence-electron chi connectivity index (χ4n) is 1.84. The molecule has 0 amide bonds. The minimum Gasteiger partial charge on any atom is -0.224 e. The topological polar surface area (TPSA) is 34.1 Å². The summed E-state index contributed by atoms with van der Waals surface area (Å²) in [4.78, 5) is 0.430. The Morgan fingerprint density at radius 2 is 1.68 bits per heavy atom. The van der Waals surface area contributed by atoms with Crippen LogP contribution in [0.25, 0.3) is 0 Å². The molecule has 19 heavy (non-hydrogen) atoms. The monoisotopic (exact) mass is 346 g/mol. The van der Waals surface area contributed by atoms with E-state index in [2.05, 4.69) is 36.7 Å². The second-order valence-corrected chi connectivity index (χ2v) is 8.67. The van der Waals surface area contributed by atoms with Gasteiger partial charge in [0, 0.05) is 5.33 Å². The molecule has 0 saturated heterocycles. The third-order valence-corrected chi connectivity index (χ3v) is 6.15. The van der Waals surface area contributed by atoms with Crippen LogP contribution in [0, 0.1) is 5.92 Å². The summed E-state index contributed by atoms with van der Waals surface area (Å²) in [5.74, 6) is 0.385. The molecule has 0 aliphatic rings. The minimum atomic E-state index is -3.18. The molecule has 1 aromatic carbocycles. The maximum atomic E-state index is 12.3. The Kier molecular flexibility index (Phi) is 5.63. The first-order valence-electron chi connectivity index (χ1n) is 6.60. The van der Waals surface area contributed by atoms with Crippen LogP contribution in [-0.4, -0.2) is 19.5 Å². The number of benzene rings is 1. The molecular weight excluding hydrogens is 324 g/mol. The van der Waals surface area contributed by atoms with Gasteiger partial charge >= 0.3 is 0 Å². The molecule has 0 fully saturated rings. The van der Waals surface area contributed by atoms with Crippen molar-refractivity contribution >= 4 is 25.8 Å². The van der Waals surface area contributed by atoms with Crippen molar-refractivity contribution in [3.8, 4) is 0 Å². The smallest absolute Gasteiger partial charge is 0.178 e. The van der Waals surface area contributed by atoms with Gasteiger partial charge in [-0.2, -0.15) is 0 Å². The van der Waals surface area contributed by atoms with Crippen molar-refractivity contribution in [2.75, 3.05) is 11.1 Å². The van der Waals surface area contributed by atoms with Crippen LogP contribution in [0.2, 0.25) is 0 Å². The number of sulfone groups is 1. The first-order valence-corrected chi connectivity index (χ1v) is 9.37. The normalized spacial score (nSPS) is 14.4. The molecule has 1 aromatic rings. The van der Waals surface area contributed by atoms with Gasteiger partial charge in [-0.25, -0.2) is 8.42 Å². The van der Waals surface area contributed by atoms with E-state index in [-0.39, 0.29) is 17.1 Å². The summed E-state index contributed by atoms with van der Waals surface area (Å²) in [6.07, 6.45) is 0.866. The Morgan fingerprint density at radius 1 is 1.16 bits per heavy atom. The van der Waals surface area contributed by atoms with E-state index < -0.39 is 9.84 Å². The van der Waals surface area contributed by atoms with E-state index in [1.165, 1.54) is 0 Å². The van der Waals surface area contributed by atoms with Crippen LogP contribution in [0.1, 0.15) is 39.7 Å². The predicted molar refractivity (Wildman–Crippen MR) is 84.8 cm³/mol. The third-order valence-electron chi connectivity index (χ3n) is 3.33. The predicted octanol–water partition coefficient (Wildman–Crippen LogP) is 4.18. The van der Waals surface area contributed by atoms with Crippen LogP contribution in [0.15, 0.2) is 29.2 Å². The van der Waals surface area contributed by atoms with E-state index in [1.54, 1.807) is 12.1 Å². The van der Waals surface area contributed by atoms with Crippen LogP contribution in [-0.2, 0) is 15.3 Å². The van der Waals surface area contributed by atoms with Gasteiger partial charge in [0.2, 0.25) is 0 Å². The van der Waals surface area contributed by atoms with E-state index in [9.17, 15) is 8.42 Å². The fraction of sp³-hybridized carbons (Fsp3) is 0.600. The minimum absolute atomic E-state index is 0.0457. The molecule has 0 bridgehead atoms. The molecule has 108 valence electrons. The van der Waals surface area contributed by atoms with Gasteiger partial charge in [-0.3, -0.25) is 0 Å². The summed E-state index contributed by atoms with van der Waals surface area (Å²) in [6.45, 7) is 8.38. The molecule has 0 spiro atoms. The molecule has 0 saturated carbocycles. The van der Waals surface area contributed by atoms with E-state index in [0.29, 0.717) is 4.90 Å². The zero-order chi connectivity index (χ0) is 14.7. The second kappa shape index (κ2) is 6.40. The molecule has 0 radical (unpaired) electrons. The first kappa shape index (κ1) is 16.7. The summed E-state index contributed by atoms with van der Waals surface area (Å²) in [6, 6.07) is 7.30. The van der Waals surface area contributed by atoms with Crippen LogP contribution in [0.3, 0.4) is 0 Å². The Morgan fingerprint density at radius 3 is 2.05 bits per heavy atom. The molecule has 1 atom stereocenters.